The van der Waals surface area contributed by atoms with E-state index < -0.39 is 16.0 Å². The van der Waals surface area contributed by atoms with Crippen molar-refractivity contribution in [2.45, 2.75) is 11.8 Å². The van der Waals surface area contributed by atoms with Gasteiger partial charge in [-0.3, -0.25) is 4.79 Å². The molecule has 0 radical (unpaired) electrons. The summed E-state index contributed by atoms with van der Waals surface area (Å²) in [5, 5.41) is 0.157. The van der Waals surface area contributed by atoms with Crippen LogP contribution in [0.4, 0.5) is 0 Å². The molecular formula is C18H15ClN2O5S2. The number of thioether (sulfide) groups is 1. The number of hydrogen-bond acceptors (Lipinski definition) is 7. The van der Waals surface area contributed by atoms with Crippen molar-refractivity contribution in [1.29, 1.82) is 0 Å². The third-order valence-corrected chi connectivity index (χ3v) is 6.02. The van der Waals surface area contributed by atoms with Gasteiger partial charge in [-0.2, -0.15) is 13.4 Å². The maximum Gasteiger partial charge on any atom is 0.339 e. The molecular weight excluding hydrogens is 424 g/mol. The molecule has 0 atom stereocenters. The van der Waals surface area contributed by atoms with Crippen molar-refractivity contribution < 1.29 is 22.1 Å². The molecule has 146 valence electrons. The lowest BCUT2D eigenvalue weighted by Gasteiger charge is -2.13. The Morgan fingerprint density at radius 1 is 1.21 bits per heavy atom. The fourth-order valence-corrected chi connectivity index (χ4v) is 4.29. The molecule has 0 aromatic heterocycles. The molecule has 0 saturated carbocycles. The lowest BCUT2D eigenvalue weighted by atomic mass is 10.2. The maximum atomic E-state index is 12.6. The molecule has 0 fully saturated rings. The van der Waals surface area contributed by atoms with E-state index in [1.807, 2.05) is 6.92 Å². The summed E-state index contributed by atoms with van der Waals surface area (Å²) in [7, 11) is -2.76. The minimum atomic E-state index is -4.11. The lowest BCUT2D eigenvalue weighted by Crippen LogP contribution is -2.11. The van der Waals surface area contributed by atoms with Crippen molar-refractivity contribution >= 4 is 50.6 Å². The first-order valence-corrected chi connectivity index (χ1v) is 10.5. The van der Waals surface area contributed by atoms with E-state index in [9.17, 15) is 13.2 Å². The van der Waals surface area contributed by atoms with Crippen molar-refractivity contribution in [3.63, 3.8) is 0 Å². The number of nitrogens with zero attached hydrogens (tertiary/aromatic N) is 1. The summed E-state index contributed by atoms with van der Waals surface area (Å²) in [5.74, 6) is -0.507. The molecule has 0 aliphatic carbocycles. The Bertz CT molecular complexity index is 1110. The van der Waals surface area contributed by atoms with Gasteiger partial charge in [-0.15, -0.1) is 0 Å². The first-order chi connectivity index (χ1) is 13.2. The molecule has 3 rings (SSSR count). The van der Waals surface area contributed by atoms with Gasteiger partial charge in [0.15, 0.2) is 10.9 Å². The van der Waals surface area contributed by atoms with Gasteiger partial charge in [0.25, 0.3) is 5.91 Å². The number of benzene rings is 2. The number of carbonyl (C=O) groups excluding carboxylic acids is 1. The van der Waals surface area contributed by atoms with Gasteiger partial charge < -0.3 is 14.7 Å². The summed E-state index contributed by atoms with van der Waals surface area (Å²) in [6.07, 6.45) is 1.53. The number of carbonyl (C=O) groups is 1. The van der Waals surface area contributed by atoms with Crippen LogP contribution in [0.1, 0.15) is 11.1 Å². The smallest absolute Gasteiger partial charge is 0.339 e. The molecule has 10 heteroatoms. The number of amides is 1. The highest BCUT2D eigenvalue weighted by Crippen LogP contribution is 2.39. The number of methoxy groups -OCH3 is 1. The highest BCUT2D eigenvalue weighted by atomic mass is 35.5. The zero-order chi connectivity index (χ0) is 20.5. The number of amidine groups is 1. The van der Waals surface area contributed by atoms with Gasteiger partial charge in [-0.05, 0) is 54.6 Å². The van der Waals surface area contributed by atoms with Crippen molar-refractivity contribution in [1.82, 2.24) is 0 Å². The van der Waals surface area contributed by atoms with Crippen LogP contribution in [-0.4, -0.2) is 26.6 Å². The minimum Gasteiger partial charge on any atom is -0.493 e. The third-order valence-electron chi connectivity index (χ3n) is 3.69. The average molecular weight is 439 g/mol. The van der Waals surface area contributed by atoms with Gasteiger partial charge in [0.05, 0.1) is 17.0 Å². The number of aliphatic imine (C=N–C) groups is 1. The maximum absolute atomic E-state index is 12.6. The van der Waals surface area contributed by atoms with E-state index in [2.05, 4.69) is 4.99 Å². The van der Waals surface area contributed by atoms with Crippen LogP contribution in [0.2, 0.25) is 5.02 Å². The second-order valence-electron chi connectivity index (χ2n) is 5.75. The first kappa shape index (κ1) is 20.2. The largest absolute Gasteiger partial charge is 0.493 e. The van der Waals surface area contributed by atoms with E-state index in [0.29, 0.717) is 10.5 Å². The molecule has 2 N–H and O–H groups in total. The van der Waals surface area contributed by atoms with E-state index in [-0.39, 0.29) is 26.6 Å². The van der Waals surface area contributed by atoms with Gasteiger partial charge >= 0.3 is 10.1 Å². The summed E-state index contributed by atoms with van der Waals surface area (Å²) in [6.45, 7) is 1.84. The molecule has 2 aromatic carbocycles. The van der Waals surface area contributed by atoms with E-state index in [1.165, 1.54) is 37.5 Å². The van der Waals surface area contributed by atoms with Crippen LogP contribution in [0.3, 0.4) is 0 Å². The molecule has 0 saturated heterocycles. The molecule has 1 aliphatic heterocycles. The monoisotopic (exact) mass is 438 g/mol. The molecule has 1 amide bonds. The Kier molecular flexibility index (Phi) is 5.69. The van der Waals surface area contributed by atoms with Crippen molar-refractivity contribution in [2.75, 3.05) is 7.11 Å². The SMILES string of the molecule is COc1cc(/C=C2\SC(N)=NC2=O)cc(Cl)c1OS(=O)(=O)c1ccc(C)cc1. The van der Waals surface area contributed by atoms with Crippen LogP contribution >= 0.6 is 23.4 Å². The molecule has 1 aliphatic rings. The summed E-state index contributed by atoms with van der Waals surface area (Å²) < 4.78 is 35.6. The highest BCUT2D eigenvalue weighted by Gasteiger charge is 2.23. The number of aryl methyl sites for hydroxylation is 1. The van der Waals surface area contributed by atoms with E-state index in [4.69, 9.17) is 26.3 Å². The fraction of sp³-hybridized carbons (Fsp3) is 0.111. The van der Waals surface area contributed by atoms with Crippen LogP contribution in [0.15, 0.2) is 51.2 Å². The second-order valence-corrected chi connectivity index (χ2v) is 8.77. The van der Waals surface area contributed by atoms with E-state index in [0.717, 1.165) is 17.3 Å². The number of halogens is 1. The van der Waals surface area contributed by atoms with Crippen LogP contribution in [-0.2, 0) is 14.9 Å². The van der Waals surface area contributed by atoms with Gasteiger partial charge in [0, 0.05) is 0 Å². The Morgan fingerprint density at radius 2 is 1.89 bits per heavy atom. The summed E-state index contributed by atoms with van der Waals surface area (Å²) >= 11 is 7.27. The molecule has 28 heavy (non-hydrogen) atoms. The zero-order valence-corrected chi connectivity index (χ0v) is 17.2. The first-order valence-electron chi connectivity index (χ1n) is 7.86. The zero-order valence-electron chi connectivity index (χ0n) is 14.8. The Labute approximate surface area is 171 Å². The number of hydrogen-bond donors (Lipinski definition) is 1. The van der Waals surface area contributed by atoms with Crippen LogP contribution in [0.25, 0.3) is 6.08 Å². The molecule has 0 unspecified atom stereocenters. The lowest BCUT2D eigenvalue weighted by molar-refractivity contribution is -0.113. The number of nitrogens with two attached hydrogens (primary N) is 1. The van der Waals surface area contributed by atoms with Crippen molar-refractivity contribution in [2.24, 2.45) is 10.7 Å². The van der Waals surface area contributed by atoms with Gasteiger partial charge in [-0.25, -0.2) is 0 Å². The summed E-state index contributed by atoms with van der Waals surface area (Å²) in [4.78, 5) is 15.7. The Balaban J connectivity index is 1.95. The molecule has 0 spiro atoms. The fourth-order valence-electron chi connectivity index (χ4n) is 2.34. The molecule has 2 aromatic rings. The predicted octanol–water partition coefficient (Wildman–Crippen LogP) is 3.35. The van der Waals surface area contributed by atoms with Gasteiger partial charge in [0.1, 0.15) is 4.90 Å². The third kappa shape index (κ3) is 4.32. The highest BCUT2D eigenvalue weighted by molar-refractivity contribution is 8.18. The summed E-state index contributed by atoms with van der Waals surface area (Å²) in [6, 6.07) is 9.16. The van der Waals surface area contributed by atoms with Crippen LogP contribution in [0.5, 0.6) is 11.5 Å². The molecule has 1 heterocycles. The predicted molar refractivity (Wildman–Crippen MR) is 109 cm³/mol. The molecule has 7 nitrogen and oxygen atoms in total. The van der Waals surface area contributed by atoms with Crippen LogP contribution < -0.4 is 14.7 Å². The van der Waals surface area contributed by atoms with Crippen molar-refractivity contribution in [3.05, 3.63) is 57.5 Å². The van der Waals surface area contributed by atoms with Gasteiger partial charge in [-0.1, -0.05) is 29.3 Å². The average Bonchev–Trinajstić information content (AvgIpc) is 2.94. The minimum absolute atomic E-state index is 0.00576. The van der Waals surface area contributed by atoms with E-state index in [1.54, 1.807) is 12.1 Å². The quantitative estimate of drug-likeness (QED) is 0.563. The Morgan fingerprint density at radius 3 is 2.46 bits per heavy atom. The van der Waals surface area contributed by atoms with Gasteiger partial charge in [0.2, 0.25) is 5.75 Å². The van der Waals surface area contributed by atoms with Crippen LogP contribution in [0, 0.1) is 6.92 Å². The number of ether oxygens (including phenoxy) is 1. The normalized spacial score (nSPS) is 15.6. The topological polar surface area (TPSA) is 108 Å². The number of rotatable bonds is 5. The van der Waals surface area contributed by atoms with Crippen molar-refractivity contribution in [3.8, 4) is 11.5 Å². The van der Waals surface area contributed by atoms with E-state index >= 15 is 0 Å². The standard InChI is InChI=1S/C18H15ClN2O5S2/c1-10-3-5-12(6-4-10)28(23,24)26-16-13(19)7-11(8-14(16)25-2)9-15-17(22)21-18(20)27-15/h3-9H,1-2H3,(H2,20,21,22)/b15-9-. The summed E-state index contributed by atoms with van der Waals surface area (Å²) in [5.41, 5.74) is 6.94. The Hall–Kier alpha value is -2.49. The second kappa shape index (κ2) is 7.86. The molecule has 0 bridgehead atoms.